The van der Waals surface area contributed by atoms with Gasteiger partial charge in [0.25, 0.3) is 0 Å². The monoisotopic (exact) mass is 258 g/mol. The smallest absolute Gasteiger partial charge is 0.0931 e. The van der Waals surface area contributed by atoms with Crippen LogP contribution in [0.15, 0.2) is 6.20 Å². The molecule has 0 saturated carbocycles. The van der Waals surface area contributed by atoms with Crippen molar-refractivity contribution in [3.05, 3.63) is 16.1 Å². The second-order valence-corrected chi connectivity index (χ2v) is 5.78. The standard InChI is InChI=1S/C12H19FN2OS/c13-3-1-4-15-5-2-10(8-15)6-12-14-7-11(9-16)17-12/h7,10,16H,1-6,8-9H2/t10-/m1/s1. The molecule has 1 aliphatic rings. The Labute approximate surface area is 105 Å². The zero-order chi connectivity index (χ0) is 12.1. The molecule has 1 saturated heterocycles. The summed E-state index contributed by atoms with van der Waals surface area (Å²) in [7, 11) is 0. The number of aliphatic hydroxyl groups is 1. The Morgan fingerprint density at radius 3 is 3.18 bits per heavy atom. The number of likely N-dealkylation sites (tertiary alicyclic amines) is 1. The van der Waals surface area contributed by atoms with Gasteiger partial charge in [0.15, 0.2) is 0 Å². The van der Waals surface area contributed by atoms with Crippen molar-refractivity contribution < 1.29 is 9.50 Å². The van der Waals surface area contributed by atoms with E-state index >= 15 is 0 Å². The first-order valence-corrected chi connectivity index (χ1v) is 6.96. The summed E-state index contributed by atoms with van der Waals surface area (Å²) in [4.78, 5) is 7.59. The van der Waals surface area contributed by atoms with Crippen LogP contribution in [0.5, 0.6) is 0 Å². The predicted octanol–water partition coefficient (Wildman–Crippen LogP) is 1.86. The van der Waals surface area contributed by atoms with Gasteiger partial charge in [0.05, 0.1) is 23.2 Å². The van der Waals surface area contributed by atoms with Crippen molar-refractivity contribution in [2.45, 2.75) is 25.9 Å². The van der Waals surface area contributed by atoms with E-state index in [9.17, 15) is 4.39 Å². The summed E-state index contributed by atoms with van der Waals surface area (Å²) in [5.41, 5.74) is 0. The number of alkyl halides is 1. The van der Waals surface area contributed by atoms with Gasteiger partial charge in [-0.05, 0) is 25.3 Å². The lowest BCUT2D eigenvalue weighted by Gasteiger charge is -2.14. The molecular formula is C12H19FN2OS. The molecule has 0 aromatic carbocycles. The van der Waals surface area contributed by atoms with E-state index in [-0.39, 0.29) is 13.3 Å². The third-order valence-corrected chi connectivity index (χ3v) is 4.20. The number of hydrogen-bond donors (Lipinski definition) is 1. The van der Waals surface area contributed by atoms with Crippen molar-refractivity contribution in [3.8, 4) is 0 Å². The minimum Gasteiger partial charge on any atom is -0.391 e. The van der Waals surface area contributed by atoms with Crippen LogP contribution in [0.25, 0.3) is 0 Å². The van der Waals surface area contributed by atoms with Crippen LogP contribution < -0.4 is 0 Å². The number of hydrogen-bond acceptors (Lipinski definition) is 4. The van der Waals surface area contributed by atoms with Crippen LogP contribution in [0.3, 0.4) is 0 Å². The molecule has 0 aliphatic carbocycles. The molecule has 1 aromatic rings. The minimum atomic E-state index is -0.215. The van der Waals surface area contributed by atoms with Crippen LogP contribution in [0.1, 0.15) is 22.7 Å². The van der Waals surface area contributed by atoms with E-state index in [4.69, 9.17) is 5.11 Å². The maximum absolute atomic E-state index is 12.1. The quantitative estimate of drug-likeness (QED) is 0.846. The second-order valence-electron chi connectivity index (χ2n) is 4.58. The largest absolute Gasteiger partial charge is 0.391 e. The Balaban J connectivity index is 1.77. The van der Waals surface area contributed by atoms with Crippen molar-refractivity contribution in [1.82, 2.24) is 9.88 Å². The summed E-state index contributed by atoms with van der Waals surface area (Å²) in [5, 5.41) is 10.1. The van der Waals surface area contributed by atoms with Gasteiger partial charge in [0.1, 0.15) is 0 Å². The van der Waals surface area contributed by atoms with Gasteiger partial charge in [-0.2, -0.15) is 0 Å². The van der Waals surface area contributed by atoms with Gasteiger partial charge >= 0.3 is 0 Å². The summed E-state index contributed by atoms with van der Waals surface area (Å²) < 4.78 is 12.1. The molecule has 3 nitrogen and oxygen atoms in total. The second kappa shape index (κ2) is 6.42. The Morgan fingerprint density at radius 2 is 2.47 bits per heavy atom. The number of halogens is 1. The van der Waals surface area contributed by atoms with Gasteiger partial charge < -0.3 is 10.0 Å². The molecule has 0 bridgehead atoms. The summed E-state index contributed by atoms with van der Waals surface area (Å²) in [6, 6.07) is 0. The fourth-order valence-electron chi connectivity index (χ4n) is 2.33. The highest BCUT2D eigenvalue weighted by Crippen LogP contribution is 2.23. The molecule has 96 valence electrons. The minimum absolute atomic E-state index is 0.0883. The SMILES string of the molecule is OCc1cnc(C[C@H]2CCN(CCCF)C2)s1. The highest BCUT2D eigenvalue weighted by atomic mass is 32.1. The number of aromatic nitrogens is 1. The third-order valence-electron chi connectivity index (χ3n) is 3.20. The third kappa shape index (κ3) is 3.72. The van der Waals surface area contributed by atoms with Crippen LogP contribution in [-0.2, 0) is 13.0 Å². The lowest BCUT2D eigenvalue weighted by Crippen LogP contribution is -2.22. The van der Waals surface area contributed by atoms with Crippen molar-refractivity contribution in [3.63, 3.8) is 0 Å². The van der Waals surface area contributed by atoms with Crippen molar-refractivity contribution >= 4 is 11.3 Å². The van der Waals surface area contributed by atoms with Gasteiger partial charge in [-0.15, -0.1) is 11.3 Å². The van der Waals surface area contributed by atoms with E-state index < -0.39 is 0 Å². The fraction of sp³-hybridized carbons (Fsp3) is 0.750. The molecule has 1 aromatic heterocycles. The van der Waals surface area contributed by atoms with Crippen LogP contribution in [0, 0.1) is 5.92 Å². The molecule has 1 atom stereocenters. The van der Waals surface area contributed by atoms with Gasteiger partial charge in [-0.25, -0.2) is 4.98 Å². The van der Waals surface area contributed by atoms with E-state index in [1.54, 1.807) is 17.5 Å². The first-order valence-electron chi connectivity index (χ1n) is 6.14. The number of rotatable bonds is 6. The molecule has 2 rings (SSSR count). The maximum Gasteiger partial charge on any atom is 0.0931 e. The van der Waals surface area contributed by atoms with E-state index in [0.29, 0.717) is 12.3 Å². The highest BCUT2D eigenvalue weighted by molar-refractivity contribution is 7.11. The molecule has 0 radical (unpaired) electrons. The van der Waals surface area contributed by atoms with E-state index in [2.05, 4.69) is 9.88 Å². The van der Waals surface area contributed by atoms with Crippen LogP contribution >= 0.6 is 11.3 Å². The van der Waals surface area contributed by atoms with Gasteiger partial charge in [-0.1, -0.05) is 0 Å². The average molecular weight is 258 g/mol. The summed E-state index contributed by atoms with van der Waals surface area (Å²) in [5.74, 6) is 0.646. The average Bonchev–Trinajstić information content (AvgIpc) is 2.96. The molecule has 2 heterocycles. The molecule has 1 N–H and O–H groups in total. The van der Waals surface area contributed by atoms with Crippen molar-refractivity contribution in [1.29, 1.82) is 0 Å². The Kier molecular flexibility index (Phi) is 4.88. The molecule has 1 aliphatic heterocycles. The van der Waals surface area contributed by atoms with Gasteiger partial charge in [0, 0.05) is 25.7 Å². The molecule has 5 heteroatoms. The normalized spacial score (nSPS) is 21.2. The van der Waals surface area contributed by atoms with E-state index in [1.807, 2.05) is 0 Å². The summed E-state index contributed by atoms with van der Waals surface area (Å²) in [6.07, 6.45) is 4.59. The van der Waals surface area contributed by atoms with E-state index in [1.165, 1.54) is 6.42 Å². The van der Waals surface area contributed by atoms with Gasteiger partial charge in [-0.3, -0.25) is 4.39 Å². The van der Waals surface area contributed by atoms with Crippen LogP contribution in [0.2, 0.25) is 0 Å². The predicted molar refractivity (Wildman–Crippen MR) is 66.9 cm³/mol. The number of thiazole rings is 1. The highest BCUT2D eigenvalue weighted by Gasteiger charge is 2.23. The summed E-state index contributed by atoms with van der Waals surface area (Å²) >= 11 is 1.60. The molecule has 0 amide bonds. The van der Waals surface area contributed by atoms with Crippen LogP contribution in [-0.4, -0.2) is 41.3 Å². The Hall–Kier alpha value is -0.520. The Bertz CT molecular complexity index is 345. The Morgan fingerprint density at radius 1 is 1.59 bits per heavy atom. The molecule has 0 unspecified atom stereocenters. The summed E-state index contributed by atoms with van der Waals surface area (Å²) in [6.45, 7) is 2.90. The first kappa shape index (κ1) is 12.9. The lowest BCUT2D eigenvalue weighted by atomic mass is 10.1. The van der Waals surface area contributed by atoms with Crippen molar-refractivity contribution in [2.24, 2.45) is 5.92 Å². The van der Waals surface area contributed by atoms with Crippen LogP contribution in [0.4, 0.5) is 4.39 Å². The molecule has 0 spiro atoms. The molecule has 1 fully saturated rings. The maximum atomic E-state index is 12.1. The lowest BCUT2D eigenvalue weighted by molar-refractivity contribution is 0.285. The topological polar surface area (TPSA) is 36.4 Å². The van der Waals surface area contributed by atoms with Crippen molar-refractivity contribution in [2.75, 3.05) is 26.3 Å². The zero-order valence-electron chi connectivity index (χ0n) is 9.94. The van der Waals surface area contributed by atoms with E-state index in [0.717, 1.165) is 35.9 Å². The fourth-order valence-corrected chi connectivity index (χ4v) is 3.23. The zero-order valence-corrected chi connectivity index (χ0v) is 10.8. The first-order chi connectivity index (χ1) is 8.31. The number of nitrogens with zero attached hydrogens (tertiary/aromatic N) is 2. The van der Waals surface area contributed by atoms with Gasteiger partial charge in [0.2, 0.25) is 0 Å². The molecular weight excluding hydrogens is 239 g/mol. The number of aliphatic hydroxyl groups excluding tert-OH is 1. The molecule has 17 heavy (non-hydrogen) atoms.